The zero-order valence-corrected chi connectivity index (χ0v) is 34.0. The molecule has 4 aromatic heterocycles. The van der Waals surface area contributed by atoms with Crippen molar-refractivity contribution in [2.24, 2.45) is 0 Å². The predicted octanol–water partition coefficient (Wildman–Crippen LogP) is 15.5. The van der Waals surface area contributed by atoms with Gasteiger partial charge in [0.15, 0.2) is 11.6 Å². The van der Waals surface area contributed by atoms with Crippen molar-refractivity contribution in [1.29, 1.82) is 0 Å². The van der Waals surface area contributed by atoms with E-state index >= 15 is 8.78 Å². The monoisotopic (exact) mass is 787 g/mol. The molecule has 0 radical (unpaired) electrons. The van der Waals surface area contributed by atoms with Crippen molar-refractivity contribution >= 4 is 55.5 Å². The van der Waals surface area contributed by atoms with Gasteiger partial charge in [0.05, 0.1) is 22.5 Å². The number of benzene rings is 5. The molecule has 57 heavy (non-hydrogen) atoms. The lowest BCUT2D eigenvalue weighted by Crippen LogP contribution is -2.03. The lowest BCUT2D eigenvalue weighted by molar-refractivity contribution is 0.515. The molecule has 0 N–H and O–H groups in total. The van der Waals surface area contributed by atoms with Crippen LogP contribution in [0, 0.1) is 25.5 Å². The molecule has 0 saturated carbocycles. The first kappa shape index (κ1) is 37.1. The highest BCUT2D eigenvalue weighted by molar-refractivity contribution is 7.19. The highest BCUT2D eigenvalue weighted by Gasteiger charge is 2.28. The van der Waals surface area contributed by atoms with E-state index in [1.165, 1.54) is 82.1 Å². The van der Waals surface area contributed by atoms with Gasteiger partial charge in [-0.15, -0.1) is 22.7 Å². The van der Waals surface area contributed by atoms with Gasteiger partial charge >= 0.3 is 0 Å². The molecule has 0 fully saturated rings. The fourth-order valence-electron chi connectivity index (χ4n) is 8.10. The van der Waals surface area contributed by atoms with Crippen LogP contribution in [-0.2, 0) is 6.54 Å². The van der Waals surface area contributed by atoms with E-state index in [4.69, 9.17) is 9.97 Å². The summed E-state index contributed by atoms with van der Waals surface area (Å²) in [7, 11) is 0. The number of fused-ring (bicyclic) bond motifs is 4. The van der Waals surface area contributed by atoms with Gasteiger partial charge in [-0.2, -0.15) is 0 Å². The topological polar surface area (TPSA) is 30.7 Å². The van der Waals surface area contributed by atoms with Crippen molar-refractivity contribution in [3.63, 3.8) is 0 Å². The van der Waals surface area contributed by atoms with E-state index in [-0.39, 0.29) is 11.1 Å². The zero-order valence-electron chi connectivity index (χ0n) is 32.4. The van der Waals surface area contributed by atoms with Crippen molar-refractivity contribution < 1.29 is 8.78 Å². The molecule has 0 atom stereocenters. The summed E-state index contributed by atoms with van der Waals surface area (Å²) in [5.41, 5.74) is 8.63. The number of halogens is 2. The minimum Gasteiger partial charge on any atom is -0.340 e. The predicted molar refractivity (Wildman–Crippen MR) is 238 cm³/mol. The van der Waals surface area contributed by atoms with Crippen molar-refractivity contribution in [2.45, 2.75) is 65.8 Å². The quantitative estimate of drug-likeness (QED) is 0.115. The highest BCUT2D eigenvalue weighted by Crippen LogP contribution is 2.46. The number of aromatic nitrogens is 3. The van der Waals surface area contributed by atoms with E-state index in [1.54, 1.807) is 0 Å². The fourth-order valence-corrected chi connectivity index (χ4v) is 10.1. The van der Waals surface area contributed by atoms with Gasteiger partial charge in [0.2, 0.25) is 0 Å². The van der Waals surface area contributed by atoms with Crippen molar-refractivity contribution in [2.75, 3.05) is 0 Å². The Morgan fingerprint density at radius 3 is 1.68 bits per heavy atom. The molecule has 9 aromatic rings. The summed E-state index contributed by atoms with van der Waals surface area (Å²) in [6, 6.07) is 40.7. The summed E-state index contributed by atoms with van der Waals surface area (Å²) in [5, 5.41) is 2.49. The van der Waals surface area contributed by atoms with Crippen LogP contribution in [0.4, 0.5) is 8.78 Å². The number of unbranched alkanes of at least 4 members (excludes halogenated alkanes) is 5. The van der Waals surface area contributed by atoms with Gasteiger partial charge in [-0.1, -0.05) is 124 Å². The standard InChI is InChI=1S/C50H43F2N3S2/c1-4-5-6-7-8-15-28-55-38-29-31(2)20-23-36(38)37-24-22-35(30-39(37)55)40-26-27-42(57-40)44-46(52)45(51)43(41-25-21-32(3)56-41)49-50(44)54-48(34-18-13-10-14-19-34)47(53-49)33-16-11-9-12-17-33/h9-14,16-27,29-30H,4-8,15,28H2,1-3H3. The van der Waals surface area contributed by atoms with Crippen molar-refractivity contribution in [3.05, 3.63) is 143 Å². The molecule has 0 aliphatic rings. The number of thiophene rings is 2. The molecule has 0 unspecified atom stereocenters. The minimum atomic E-state index is -0.914. The SMILES string of the molecule is CCCCCCCCn1c2cc(C)ccc2c2ccc(-c3ccc(-c4c(F)c(F)c(-c5ccc(C)s5)c5nc(-c6ccccc6)c(-c6ccccc6)nc45)s3)cc21. The van der Waals surface area contributed by atoms with Crippen LogP contribution >= 0.6 is 22.7 Å². The summed E-state index contributed by atoms with van der Waals surface area (Å²) >= 11 is 2.88. The van der Waals surface area contributed by atoms with Gasteiger partial charge in [-0.3, -0.25) is 0 Å². The number of hydrogen-bond donors (Lipinski definition) is 0. The van der Waals surface area contributed by atoms with Gasteiger partial charge in [0.1, 0.15) is 11.0 Å². The third kappa shape index (κ3) is 6.98. The molecule has 0 amide bonds. The molecule has 0 aliphatic heterocycles. The van der Waals surface area contributed by atoms with E-state index in [0.717, 1.165) is 39.4 Å². The van der Waals surface area contributed by atoms with E-state index in [1.807, 2.05) is 91.9 Å². The van der Waals surface area contributed by atoms with Crippen LogP contribution in [-0.4, -0.2) is 14.5 Å². The van der Waals surface area contributed by atoms with Gasteiger partial charge in [0, 0.05) is 59.0 Å². The maximum atomic E-state index is 16.9. The second-order valence-corrected chi connectivity index (χ2v) is 17.3. The molecule has 0 aliphatic carbocycles. The molecule has 0 spiro atoms. The lowest BCUT2D eigenvalue weighted by Gasteiger charge is -2.16. The van der Waals surface area contributed by atoms with Crippen LogP contribution in [0.2, 0.25) is 0 Å². The summed E-state index contributed by atoms with van der Waals surface area (Å²) < 4.78 is 36.2. The fraction of sp³-hybridized carbons (Fsp3) is 0.200. The third-order valence-corrected chi connectivity index (χ3v) is 13.1. The Labute approximate surface area is 340 Å². The van der Waals surface area contributed by atoms with Gasteiger partial charge in [-0.05, 0) is 67.8 Å². The van der Waals surface area contributed by atoms with Gasteiger partial charge < -0.3 is 4.57 Å². The summed E-state index contributed by atoms with van der Waals surface area (Å²) in [6.45, 7) is 7.33. The highest BCUT2D eigenvalue weighted by atomic mass is 32.1. The van der Waals surface area contributed by atoms with Crippen LogP contribution in [0.5, 0.6) is 0 Å². The maximum Gasteiger partial charge on any atom is 0.170 e. The Morgan fingerprint density at radius 1 is 0.526 bits per heavy atom. The molecule has 5 aromatic carbocycles. The number of aryl methyl sites for hydroxylation is 3. The Balaban J connectivity index is 1.21. The third-order valence-electron chi connectivity index (χ3n) is 11.0. The number of nitrogens with zero attached hydrogens (tertiary/aromatic N) is 3. The van der Waals surface area contributed by atoms with Crippen LogP contribution in [0.25, 0.3) is 86.7 Å². The van der Waals surface area contributed by atoms with E-state index in [9.17, 15) is 0 Å². The van der Waals surface area contributed by atoms with Crippen LogP contribution in [0.1, 0.15) is 55.9 Å². The molecule has 0 saturated heterocycles. The van der Waals surface area contributed by atoms with Crippen LogP contribution in [0.15, 0.2) is 121 Å². The van der Waals surface area contributed by atoms with Gasteiger partial charge in [-0.25, -0.2) is 18.7 Å². The first-order valence-electron chi connectivity index (χ1n) is 19.9. The molecule has 9 rings (SSSR count). The number of hydrogen-bond acceptors (Lipinski definition) is 4. The Bertz CT molecular complexity index is 2890. The Morgan fingerprint density at radius 2 is 1.07 bits per heavy atom. The van der Waals surface area contributed by atoms with Crippen LogP contribution in [0.3, 0.4) is 0 Å². The van der Waals surface area contributed by atoms with Crippen molar-refractivity contribution in [1.82, 2.24) is 14.5 Å². The molecule has 7 heteroatoms. The molecule has 0 bridgehead atoms. The van der Waals surface area contributed by atoms with E-state index in [0.29, 0.717) is 32.2 Å². The second-order valence-electron chi connectivity index (χ2n) is 15.0. The summed E-state index contributed by atoms with van der Waals surface area (Å²) in [6.07, 6.45) is 7.43. The number of rotatable bonds is 12. The second kappa shape index (κ2) is 15.8. The average molecular weight is 788 g/mol. The van der Waals surface area contributed by atoms with E-state index < -0.39 is 11.6 Å². The maximum absolute atomic E-state index is 16.9. The molecule has 4 heterocycles. The molecule has 284 valence electrons. The minimum absolute atomic E-state index is 0.133. The first-order valence-corrected chi connectivity index (χ1v) is 21.6. The van der Waals surface area contributed by atoms with Gasteiger partial charge in [0.25, 0.3) is 0 Å². The molecular weight excluding hydrogens is 745 g/mol. The summed E-state index contributed by atoms with van der Waals surface area (Å²) in [5.74, 6) is -1.83. The Hall–Kier alpha value is -5.50. The van der Waals surface area contributed by atoms with Crippen LogP contribution < -0.4 is 0 Å². The zero-order chi connectivity index (χ0) is 39.0. The normalized spacial score (nSPS) is 11.7. The summed E-state index contributed by atoms with van der Waals surface area (Å²) in [4.78, 5) is 13.7. The Kier molecular flexibility index (Phi) is 10.3. The smallest absolute Gasteiger partial charge is 0.170 e. The lowest BCUT2D eigenvalue weighted by atomic mass is 9.99. The average Bonchev–Trinajstić information content (AvgIpc) is 3.97. The largest absolute Gasteiger partial charge is 0.340 e. The van der Waals surface area contributed by atoms with E-state index in [2.05, 4.69) is 54.8 Å². The van der Waals surface area contributed by atoms with Crippen molar-refractivity contribution in [3.8, 4) is 53.8 Å². The molecule has 3 nitrogen and oxygen atoms in total. The first-order chi connectivity index (χ1) is 27.9. The molecular formula is C50H43F2N3S2.